The SMILES string of the molecule is CC(C)(C)c1ncc(CNCC2(CCO)CCOC2)s1. The van der Waals surface area contributed by atoms with Crippen molar-refractivity contribution in [1.82, 2.24) is 10.3 Å². The second-order valence-corrected chi connectivity index (χ2v) is 7.88. The molecule has 1 aliphatic heterocycles. The van der Waals surface area contributed by atoms with E-state index in [0.717, 1.165) is 39.1 Å². The van der Waals surface area contributed by atoms with Crippen LogP contribution in [-0.4, -0.2) is 36.5 Å². The van der Waals surface area contributed by atoms with E-state index in [-0.39, 0.29) is 17.4 Å². The number of rotatable bonds is 6. The Morgan fingerprint density at radius 2 is 2.30 bits per heavy atom. The fraction of sp³-hybridized carbons (Fsp3) is 0.800. The Hall–Kier alpha value is -0.490. The molecule has 4 nitrogen and oxygen atoms in total. The van der Waals surface area contributed by atoms with E-state index in [0.29, 0.717) is 0 Å². The Morgan fingerprint density at radius 1 is 1.50 bits per heavy atom. The van der Waals surface area contributed by atoms with Crippen molar-refractivity contribution in [2.24, 2.45) is 5.41 Å². The third-order valence-corrected chi connectivity index (χ3v) is 5.24. The van der Waals surface area contributed by atoms with Crippen LogP contribution >= 0.6 is 11.3 Å². The standard InChI is InChI=1S/C15H26N2O2S/c1-14(2,3)13-17-9-12(20-13)8-16-10-15(4-6-18)5-7-19-11-15/h9,16,18H,4-8,10-11H2,1-3H3. The van der Waals surface area contributed by atoms with Crippen molar-refractivity contribution in [3.05, 3.63) is 16.1 Å². The lowest BCUT2D eigenvalue weighted by molar-refractivity contribution is 0.124. The van der Waals surface area contributed by atoms with E-state index in [1.807, 2.05) is 6.20 Å². The molecule has 2 N–H and O–H groups in total. The quantitative estimate of drug-likeness (QED) is 0.846. The maximum absolute atomic E-state index is 9.21. The van der Waals surface area contributed by atoms with Crippen LogP contribution in [0, 0.1) is 5.41 Å². The van der Waals surface area contributed by atoms with Crippen LogP contribution < -0.4 is 5.32 Å². The summed E-state index contributed by atoms with van der Waals surface area (Å²) in [4.78, 5) is 5.78. The van der Waals surface area contributed by atoms with E-state index in [1.165, 1.54) is 9.88 Å². The summed E-state index contributed by atoms with van der Waals surface area (Å²) in [5.41, 5.74) is 0.243. The number of hydrogen-bond acceptors (Lipinski definition) is 5. The van der Waals surface area contributed by atoms with E-state index < -0.39 is 0 Å². The van der Waals surface area contributed by atoms with Crippen LogP contribution in [0.5, 0.6) is 0 Å². The van der Waals surface area contributed by atoms with Crippen molar-refractivity contribution < 1.29 is 9.84 Å². The summed E-state index contributed by atoms with van der Waals surface area (Å²) in [6.45, 7) is 10.1. The molecule has 2 heterocycles. The molecule has 1 aromatic heterocycles. The summed E-state index contributed by atoms with van der Waals surface area (Å²) in [5.74, 6) is 0. The summed E-state index contributed by atoms with van der Waals surface area (Å²) in [6.07, 6.45) is 3.83. The highest BCUT2D eigenvalue weighted by Gasteiger charge is 2.33. The molecule has 0 bridgehead atoms. The fourth-order valence-corrected chi connectivity index (χ4v) is 3.44. The molecule has 0 aromatic carbocycles. The van der Waals surface area contributed by atoms with Crippen LogP contribution in [0.3, 0.4) is 0 Å². The summed E-state index contributed by atoms with van der Waals surface area (Å²) in [7, 11) is 0. The van der Waals surface area contributed by atoms with Crippen LogP contribution in [0.25, 0.3) is 0 Å². The Balaban J connectivity index is 1.84. The molecule has 1 aliphatic rings. The first kappa shape index (κ1) is 15.9. The van der Waals surface area contributed by atoms with Crippen molar-refractivity contribution >= 4 is 11.3 Å². The number of aliphatic hydroxyl groups is 1. The molecular formula is C15H26N2O2S. The minimum atomic E-state index is 0.117. The van der Waals surface area contributed by atoms with Gasteiger partial charge in [0, 0.05) is 48.2 Å². The van der Waals surface area contributed by atoms with E-state index in [9.17, 15) is 5.11 Å². The van der Waals surface area contributed by atoms with Gasteiger partial charge in [0.2, 0.25) is 0 Å². The van der Waals surface area contributed by atoms with Gasteiger partial charge < -0.3 is 15.2 Å². The van der Waals surface area contributed by atoms with Gasteiger partial charge in [-0.3, -0.25) is 0 Å². The molecule has 2 rings (SSSR count). The molecule has 1 atom stereocenters. The fourth-order valence-electron chi connectivity index (χ4n) is 2.50. The van der Waals surface area contributed by atoms with Crippen LogP contribution in [0.1, 0.15) is 43.5 Å². The zero-order valence-electron chi connectivity index (χ0n) is 12.7. The maximum Gasteiger partial charge on any atom is 0.0981 e. The number of thiazole rings is 1. The highest BCUT2D eigenvalue weighted by Crippen LogP contribution is 2.32. The van der Waals surface area contributed by atoms with Gasteiger partial charge >= 0.3 is 0 Å². The number of ether oxygens (including phenoxy) is 1. The predicted octanol–water partition coefficient (Wildman–Crippen LogP) is 2.32. The van der Waals surface area contributed by atoms with Crippen LogP contribution in [-0.2, 0) is 16.7 Å². The normalized spacial score (nSPS) is 23.4. The number of hydrogen-bond donors (Lipinski definition) is 2. The Morgan fingerprint density at radius 3 is 2.85 bits per heavy atom. The first-order valence-electron chi connectivity index (χ1n) is 7.30. The second-order valence-electron chi connectivity index (χ2n) is 6.76. The van der Waals surface area contributed by atoms with Gasteiger partial charge in [-0.1, -0.05) is 20.8 Å². The van der Waals surface area contributed by atoms with Gasteiger partial charge in [-0.25, -0.2) is 4.98 Å². The van der Waals surface area contributed by atoms with Gasteiger partial charge in [0.15, 0.2) is 0 Å². The van der Waals surface area contributed by atoms with Crippen molar-refractivity contribution in [1.29, 1.82) is 0 Å². The Kier molecular flexibility index (Phi) is 5.18. The van der Waals surface area contributed by atoms with Gasteiger partial charge in [0.1, 0.15) is 0 Å². The van der Waals surface area contributed by atoms with Crippen molar-refractivity contribution in [2.75, 3.05) is 26.4 Å². The minimum Gasteiger partial charge on any atom is -0.396 e. The van der Waals surface area contributed by atoms with E-state index in [1.54, 1.807) is 11.3 Å². The van der Waals surface area contributed by atoms with Crippen LogP contribution in [0.2, 0.25) is 0 Å². The molecule has 5 heteroatoms. The molecule has 20 heavy (non-hydrogen) atoms. The van der Waals surface area contributed by atoms with Gasteiger partial charge in [0.05, 0.1) is 11.6 Å². The topological polar surface area (TPSA) is 54.4 Å². The highest BCUT2D eigenvalue weighted by molar-refractivity contribution is 7.11. The average Bonchev–Trinajstić information content (AvgIpc) is 2.99. The van der Waals surface area contributed by atoms with Crippen LogP contribution in [0.4, 0.5) is 0 Å². The number of nitrogens with one attached hydrogen (secondary N) is 1. The molecule has 0 saturated carbocycles. The summed E-state index contributed by atoms with van der Waals surface area (Å²) in [5, 5.41) is 13.9. The predicted molar refractivity (Wildman–Crippen MR) is 82.1 cm³/mol. The van der Waals surface area contributed by atoms with Gasteiger partial charge in [0.25, 0.3) is 0 Å². The van der Waals surface area contributed by atoms with E-state index in [4.69, 9.17) is 4.74 Å². The summed E-state index contributed by atoms with van der Waals surface area (Å²) >= 11 is 1.78. The van der Waals surface area contributed by atoms with Crippen molar-refractivity contribution in [2.45, 2.75) is 45.6 Å². The maximum atomic E-state index is 9.21. The molecule has 114 valence electrons. The smallest absolute Gasteiger partial charge is 0.0981 e. The average molecular weight is 298 g/mol. The zero-order chi connectivity index (χ0) is 14.6. The lowest BCUT2D eigenvalue weighted by atomic mass is 9.84. The molecule has 1 aromatic rings. The molecule has 0 amide bonds. The molecular weight excluding hydrogens is 272 g/mol. The van der Waals surface area contributed by atoms with Gasteiger partial charge in [-0.05, 0) is 12.8 Å². The van der Waals surface area contributed by atoms with Crippen molar-refractivity contribution in [3.63, 3.8) is 0 Å². The Labute approximate surface area is 125 Å². The van der Waals surface area contributed by atoms with E-state index in [2.05, 4.69) is 31.1 Å². The molecule has 1 unspecified atom stereocenters. The minimum absolute atomic E-state index is 0.117. The monoisotopic (exact) mass is 298 g/mol. The largest absolute Gasteiger partial charge is 0.396 e. The number of nitrogens with zero attached hydrogens (tertiary/aromatic N) is 1. The Bertz CT molecular complexity index is 420. The number of aliphatic hydroxyl groups excluding tert-OH is 1. The molecule has 1 fully saturated rings. The number of aromatic nitrogens is 1. The van der Waals surface area contributed by atoms with E-state index >= 15 is 0 Å². The zero-order valence-corrected chi connectivity index (χ0v) is 13.6. The van der Waals surface area contributed by atoms with Gasteiger partial charge in [-0.15, -0.1) is 11.3 Å². The molecule has 1 saturated heterocycles. The first-order valence-corrected chi connectivity index (χ1v) is 8.11. The molecule has 0 aliphatic carbocycles. The highest BCUT2D eigenvalue weighted by atomic mass is 32.1. The molecule has 0 spiro atoms. The van der Waals surface area contributed by atoms with Crippen molar-refractivity contribution in [3.8, 4) is 0 Å². The lowest BCUT2D eigenvalue weighted by Crippen LogP contribution is -2.35. The summed E-state index contributed by atoms with van der Waals surface area (Å²) in [6, 6.07) is 0. The lowest BCUT2D eigenvalue weighted by Gasteiger charge is -2.26. The molecule has 0 radical (unpaired) electrons. The van der Waals surface area contributed by atoms with Crippen LogP contribution in [0.15, 0.2) is 6.20 Å². The van der Waals surface area contributed by atoms with Gasteiger partial charge in [-0.2, -0.15) is 0 Å². The summed E-state index contributed by atoms with van der Waals surface area (Å²) < 4.78 is 5.50. The third kappa shape index (κ3) is 4.01. The second kappa shape index (κ2) is 6.52. The first-order chi connectivity index (χ1) is 9.45. The third-order valence-electron chi connectivity index (χ3n) is 3.82.